The summed E-state index contributed by atoms with van der Waals surface area (Å²) in [7, 11) is 1.57. The highest BCUT2D eigenvalue weighted by molar-refractivity contribution is 5.75. The van der Waals surface area contributed by atoms with Gasteiger partial charge in [0.2, 0.25) is 0 Å². The fourth-order valence-electron chi connectivity index (χ4n) is 1.84. The van der Waals surface area contributed by atoms with Crippen molar-refractivity contribution in [1.29, 1.82) is 0 Å². The molecule has 17 heavy (non-hydrogen) atoms. The van der Waals surface area contributed by atoms with Gasteiger partial charge in [-0.2, -0.15) is 4.98 Å². The van der Waals surface area contributed by atoms with Crippen molar-refractivity contribution in [2.24, 2.45) is 0 Å². The standard InChI is InChI=1S/C12H18N4O/c1-4-5-9(2)15-16-7-6-10-8-13-12(17-3)14-11(10)16/h6-9,15H,4-5H2,1-3H3. The molecule has 0 aliphatic rings. The number of methoxy groups -OCH3 is 1. The van der Waals surface area contributed by atoms with Crippen molar-refractivity contribution in [2.45, 2.75) is 32.7 Å². The first-order valence-electron chi connectivity index (χ1n) is 5.89. The van der Waals surface area contributed by atoms with E-state index in [-0.39, 0.29) is 0 Å². The van der Waals surface area contributed by atoms with Crippen molar-refractivity contribution in [3.8, 4) is 6.01 Å². The van der Waals surface area contributed by atoms with Gasteiger partial charge in [-0.25, -0.2) is 9.66 Å². The average Bonchev–Trinajstić information content (AvgIpc) is 2.72. The maximum absolute atomic E-state index is 5.04. The van der Waals surface area contributed by atoms with E-state index in [4.69, 9.17) is 4.74 Å². The number of hydrogen-bond donors (Lipinski definition) is 1. The average molecular weight is 234 g/mol. The predicted molar refractivity (Wildman–Crippen MR) is 67.8 cm³/mol. The molecule has 1 N–H and O–H groups in total. The fraction of sp³-hybridized carbons (Fsp3) is 0.500. The molecule has 1 unspecified atom stereocenters. The lowest BCUT2D eigenvalue weighted by Crippen LogP contribution is -2.24. The second kappa shape index (κ2) is 5.03. The van der Waals surface area contributed by atoms with Gasteiger partial charge in [0.15, 0.2) is 5.65 Å². The highest BCUT2D eigenvalue weighted by Gasteiger charge is 2.07. The summed E-state index contributed by atoms with van der Waals surface area (Å²) in [5.74, 6) is 0. The molecule has 92 valence electrons. The minimum atomic E-state index is 0.391. The number of nitrogens with one attached hydrogen (secondary N) is 1. The quantitative estimate of drug-likeness (QED) is 0.861. The lowest BCUT2D eigenvalue weighted by molar-refractivity contribution is 0.381. The zero-order valence-corrected chi connectivity index (χ0v) is 10.5. The molecule has 2 aromatic heterocycles. The summed E-state index contributed by atoms with van der Waals surface area (Å²) in [5, 5.41) is 1.00. The van der Waals surface area contributed by atoms with Gasteiger partial charge >= 0.3 is 6.01 Å². The van der Waals surface area contributed by atoms with Crippen molar-refractivity contribution in [3.05, 3.63) is 18.5 Å². The molecule has 1 atom stereocenters. The summed E-state index contributed by atoms with van der Waals surface area (Å²) in [6.07, 6.45) is 6.02. The van der Waals surface area contributed by atoms with Crippen molar-refractivity contribution >= 4 is 11.0 Å². The summed E-state index contributed by atoms with van der Waals surface area (Å²) in [5.41, 5.74) is 4.23. The first kappa shape index (κ1) is 11.7. The molecule has 2 heterocycles. The summed E-state index contributed by atoms with van der Waals surface area (Å²) in [4.78, 5) is 8.41. The van der Waals surface area contributed by atoms with Crippen molar-refractivity contribution in [3.63, 3.8) is 0 Å². The Morgan fingerprint density at radius 1 is 1.53 bits per heavy atom. The Hall–Kier alpha value is -1.78. The maximum Gasteiger partial charge on any atom is 0.318 e. The molecule has 0 aliphatic carbocycles. The highest BCUT2D eigenvalue weighted by atomic mass is 16.5. The molecule has 0 aliphatic heterocycles. The predicted octanol–water partition coefficient (Wildman–Crippen LogP) is 2.17. The second-order valence-corrected chi connectivity index (χ2v) is 4.14. The van der Waals surface area contributed by atoms with E-state index in [1.807, 2.05) is 16.9 Å². The van der Waals surface area contributed by atoms with Gasteiger partial charge in [-0.05, 0) is 19.4 Å². The zero-order chi connectivity index (χ0) is 12.3. The van der Waals surface area contributed by atoms with Crippen LogP contribution in [0.2, 0.25) is 0 Å². The molecule has 0 radical (unpaired) electrons. The third-order valence-corrected chi connectivity index (χ3v) is 2.67. The molecule has 0 bridgehead atoms. The number of ether oxygens (including phenoxy) is 1. The molecule has 0 saturated carbocycles. The molecule has 2 rings (SSSR count). The Bertz CT molecular complexity index is 494. The molecule has 0 spiro atoms. The Labute approximate surface area is 101 Å². The molecular formula is C12H18N4O. The Kier molecular flexibility index (Phi) is 3.46. The van der Waals surface area contributed by atoms with Gasteiger partial charge in [-0.1, -0.05) is 13.3 Å². The fourth-order valence-corrected chi connectivity index (χ4v) is 1.84. The maximum atomic E-state index is 5.04. The molecule has 5 nitrogen and oxygen atoms in total. The Morgan fingerprint density at radius 3 is 3.06 bits per heavy atom. The zero-order valence-electron chi connectivity index (χ0n) is 10.5. The van der Waals surface area contributed by atoms with Crippen LogP contribution in [0.4, 0.5) is 0 Å². The first-order chi connectivity index (χ1) is 8.24. The van der Waals surface area contributed by atoms with Crippen LogP contribution in [0, 0.1) is 0 Å². The van der Waals surface area contributed by atoms with Gasteiger partial charge in [0.25, 0.3) is 0 Å². The van der Waals surface area contributed by atoms with Crippen molar-refractivity contribution in [2.75, 3.05) is 12.5 Å². The van der Waals surface area contributed by atoms with E-state index in [0.717, 1.165) is 23.9 Å². The highest BCUT2D eigenvalue weighted by Crippen LogP contribution is 2.14. The van der Waals surface area contributed by atoms with E-state index >= 15 is 0 Å². The third kappa shape index (κ3) is 2.49. The topological polar surface area (TPSA) is 52.0 Å². The van der Waals surface area contributed by atoms with E-state index in [0.29, 0.717) is 12.1 Å². The molecule has 0 aromatic carbocycles. The molecule has 0 saturated heterocycles. The van der Waals surface area contributed by atoms with Crippen LogP contribution in [0.1, 0.15) is 26.7 Å². The van der Waals surface area contributed by atoms with E-state index in [9.17, 15) is 0 Å². The van der Waals surface area contributed by atoms with Crippen molar-refractivity contribution in [1.82, 2.24) is 14.6 Å². The molecule has 5 heteroatoms. The van der Waals surface area contributed by atoms with Crippen LogP contribution >= 0.6 is 0 Å². The number of aromatic nitrogens is 3. The summed E-state index contributed by atoms with van der Waals surface area (Å²) >= 11 is 0. The van der Waals surface area contributed by atoms with Crippen LogP contribution in [0.5, 0.6) is 6.01 Å². The third-order valence-electron chi connectivity index (χ3n) is 2.67. The molecule has 0 fully saturated rings. The minimum absolute atomic E-state index is 0.391. The van der Waals surface area contributed by atoms with Gasteiger partial charge < -0.3 is 10.2 Å². The van der Waals surface area contributed by atoms with Crippen molar-refractivity contribution < 1.29 is 4.74 Å². The second-order valence-electron chi connectivity index (χ2n) is 4.14. The SMILES string of the molecule is CCCC(C)Nn1ccc2cnc(OC)nc21. The lowest BCUT2D eigenvalue weighted by atomic mass is 10.2. The van der Waals surface area contributed by atoms with Crippen LogP contribution in [-0.2, 0) is 0 Å². The van der Waals surface area contributed by atoms with Crippen LogP contribution in [0.25, 0.3) is 11.0 Å². The van der Waals surface area contributed by atoms with Gasteiger partial charge in [0.1, 0.15) is 0 Å². The normalized spacial score (nSPS) is 12.6. The largest absolute Gasteiger partial charge is 0.467 e. The number of fused-ring (bicyclic) bond motifs is 1. The van der Waals surface area contributed by atoms with E-state index in [1.165, 1.54) is 0 Å². The Balaban J connectivity index is 2.27. The van der Waals surface area contributed by atoms with Crippen LogP contribution in [-0.4, -0.2) is 27.8 Å². The monoisotopic (exact) mass is 234 g/mol. The van der Waals surface area contributed by atoms with Gasteiger partial charge in [-0.3, -0.25) is 0 Å². The molecular weight excluding hydrogens is 216 g/mol. The molecule has 0 amide bonds. The van der Waals surface area contributed by atoms with Crippen LogP contribution in [0.3, 0.4) is 0 Å². The first-order valence-corrected chi connectivity index (χ1v) is 5.89. The number of nitrogens with zero attached hydrogens (tertiary/aromatic N) is 3. The van der Waals surface area contributed by atoms with Gasteiger partial charge in [-0.15, -0.1) is 0 Å². The summed E-state index contributed by atoms with van der Waals surface area (Å²) < 4.78 is 6.97. The van der Waals surface area contributed by atoms with Gasteiger partial charge in [0, 0.05) is 23.8 Å². The molecule has 2 aromatic rings. The van der Waals surface area contributed by atoms with Crippen LogP contribution in [0.15, 0.2) is 18.5 Å². The summed E-state index contributed by atoms with van der Waals surface area (Å²) in [6.45, 7) is 4.34. The van der Waals surface area contributed by atoms with E-state index in [2.05, 4.69) is 29.2 Å². The van der Waals surface area contributed by atoms with E-state index < -0.39 is 0 Å². The van der Waals surface area contributed by atoms with Crippen LogP contribution < -0.4 is 10.2 Å². The van der Waals surface area contributed by atoms with Gasteiger partial charge in [0.05, 0.1) is 7.11 Å². The smallest absolute Gasteiger partial charge is 0.318 e. The number of rotatable bonds is 5. The summed E-state index contributed by atoms with van der Waals surface area (Å²) in [6, 6.07) is 2.79. The van der Waals surface area contributed by atoms with E-state index in [1.54, 1.807) is 13.3 Å². The Morgan fingerprint density at radius 2 is 2.35 bits per heavy atom. The lowest BCUT2D eigenvalue weighted by Gasteiger charge is -2.15. The minimum Gasteiger partial charge on any atom is -0.467 e. The number of hydrogen-bond acceptors (Lipinski definition) is 4.